The monoisotopic (exact) mass is 422 g/mol. The first-order valence-electron chi connectivity index (χ1n) is 10.0. The predicted molar refractivity (Wildman–Crippen MR) is 106 cm³/mol. The fourth-order valence-electron chi connectivity index (χ4n) is 3.75. The molecule has 0 radical (unpaired) electrons. The van der Waals surface area contributed by atoms with Gasteiger partial charge in [-0.15, -0.1) is 0 Å². The van der Waals surface area contributed by atoms with Crippen LogP contribution < -0.4 is 0 Å². The summed E-state index contributed by atoms with van der Waals surface area (Å²) in [5, 5.41) is 11.1. The molecule has 2 rings (SSSR count). The Morgan fingerprint density at radius 2 is 1.93 bits per heavy atom. The molecule has 0 aromatic carbocycles. The van der Waals surface area contributed by atoms with Crippen molar-refractivity contribution in [2.75, 3.05) is 0 Å². The van der Waals surface area contributed by atoms with Gasteiger partial charge in [0.2, 0.25) is 0 Å². The molecule has 0 aromatic rings. The molecule has 0 spiro atoms. The summed E-state index contributed by atoms with van der Waals surface area (Å²) in [7, 11) is 0. The summed E-state index contributed by atoms with van der Waals surface area (Å²) in [4.78, 5) is 49.5. The molecule has 30 heavy (non-hydrogen) atoms. The van der Waals surface area contributed by atoms with Gasteiger partial charge in [0.1, 0.15) is 6.10 Å². The molecule has 0 amide bonds. The molecule has 1 N–H and O–H groups in total. The van der Waals surface area contributed by atoms with Crippen LogP contribution in [0, 0.1) is 11.8 Å². The molecule has 0 saturated carbocycles. The van der Waals surface area contributed by atoms with Gasteiger partial charge >= 0.3 is 17.9 Å². The fraction of sp³-hybridized carbons (Fsp3) is 0.636. The quantitative estimate of drug-likeness (QED) is 0.317. The number of aliphatic hydroxyl groups is 1. The number of hydrogen-bond donors (Lipinski definition) is 1. The zero-order valence-corrected chi connectivity index (χ0v) is 18.1. The van der Waals surface area contributed by atoms with Gasteiger partial charge in [0.25, 0.3) is 0 Å². The van der Waals surface area contributed by atoms with Crippen LogP contribution in [-0.2, 0) is 33.4 Å². The summed E-state index contributed by atoms with van der Waals surface area (Å²) < 4.78 is 16.4. The number of rotatable bonds is 4. The van der Waals surface area contributed by atoms with Gasteiger partial charge in [0.05, 0.1) is 5.92 Å². The number of ether oxygens (including phenoxy) is 3. The topological polar surface area (TPSA) is 116 Å². The first-order chi connectivity index (χ1) is 13.8. The van der Waals surface area contributed by atoms with E-state index in [0.717, 1.165) is 12.5 Å². The van der Waals surface area contributed by atoms with Crippen LogP contribution in [0.25, 0.3) is 0 Å². The number of esters is 3. The van der Waals surface area contributed by atoms with E-state index >= 15 is 0 Å². The van der Waals surface area contributed by atoms with Crippen molar-refractivity contribution in [1.29, 1.82) is 0 Å². The highest BCUT2D eigenvalue weighted by Gasteiger charge is 2.55. The lowest BCUT2D eigenvalue weighted by Crippen LogP contribution is -2.58. The number of ketones is 1. The Kier molecular flexibility index (Phi) is 7.23. The molecular weight excluding hydrogens is 392 g/mol. The summed E-state index contributed by atoms with van der Waals surface area (Å²) >= 11 is 0. The van der Waals surface area contributed by atoms with E-state index in [1.54, 1.807) is 13.0 Å². The minimum absolute atomic E-state index is 0.0195. The van der Waals surface area contributed by atoms with Crippen molar-refractivity contribution < 1.29 is 38.5 Å². The first-order valence-corrected chi connectivity index (χ1v) is 10.0. The molecule has 1 saturated heterocycles. The molecule has 0 unspecified atom stereocenters. The Hall–Kier alpha value is -2.48. The second kappa shape index (κ2) is 9.12. The molecule has 1 aliphatic carbocycles. The van der Waals surface area contributed by atoms with E-state index in [1.807, 2.05) is 13.8 Å². The Balaban J connectivity index is 2.63. The van der Waals surface area contributed by atoms with Gasteiger partial charge in [-0.3, -0.25) is 14.4 Å². The third-order valence-electron chi connectivity index (χ3n) is 5.36. The summed E-state index contributed by atoms with van der Waals surface area (Å²) in [5.41, 5.74) is -1.36. The maximum absolute atomic E-state index is 12.8. The van der Waals surface area contributed by atoms with Crippen LogP contribution in [0.5, 0.6) is 0 Å². The lowest BCUT2D eigenvalue weighted by molar-refractivity contribution is -0.197. The van der Waals surface area contributed by atoms with Gasteiger partial charge in [0, 0.05) is 25.3 Å². The van der Waals surface area contributed by atoms with Crippen molar-refractivity contribution in [2.45, 2.75) is 77.8 Å². The Labute approximate surface area is 176 Å². The molecule has 5 atom stereocenters. The summed E-state index contributed by atoms with van der Waals surface area (Å²) in [6, 6.07) is 0. The lowest BCUT2D eigenvalue weighted by atomic mass is 9.78. The first kappa shape index (κ1) is 23.8. The van der Waals surface area contributed by atoms with Crippen LogP contribution >= 0.6 is 0 Å². The van der Waals surface area contributed by atoms with Gasteiger partial charge in [0.15, 0.2) is 23.6 Å². The average molecular weight is 422 g/mol. The highest BCUT2D eigenvalue weighted by Crippen LogP contribution is 2.39. The van der Waals surface area contributed by atoms with Crippen molar-refractivity contribution >= 4 is 23.7 Å². The Bertz CT molecular complexity index is 776. The smallest absolute Gasteiger partial charge is 0.334 e. The van der Waals surface area contributed by atoms with E-state index in [-0.39, 0.29) is 24.3 Å². The third kappa shape index (κ3) is 5.16. The van der Waals surface area contributed by atoms with E-state index in [4.69, 9.17) is 14.2 Å². The molecule has 166 valence electrons. The van der Waals surface area contributed by atoms with Gasteiger partial charge in [-0.05, 0) is 32.3 Å². The van der Waals surface area contributed by atoms with E-state index in [1.165, 1.54) is 6.92 Å². The summed E-state index contributed by atoms with van der Waals surface area (Å²) in [5.74, 6) is -3.57. The van der Waals surface area contributed by atoms with E-state index < -0.39 is 53.5 Å². The minimum Gasteiger partial charge on any atom is -0.457 e. The largest absolute Gasteiger partial charge is 0.457 e. The number of Topliss-reactive ketones (excluding diaryl/α,β-unsaturated/α-hetero) is 1. The van der Waals surface area contributed by atoms with Crippen molar-refractivity contribution in [3.8, 4) is 0 Å². The normalized spacial score (nSPS) is 34.0. The van der Waals surface area contributed by atoms with E-state index in [9.17, 15) is 24.3 Å². The van der Waals surface area contributed by atoms with Gasteiger partial charge in [-0.1, -0.05) is 26.0 Å². The van der Waals surface area contributed by atoms with Gasteiger partial charge in [-0.2, -0.15) is 0 Å². The minimum atomic E-state index is -2.15. The molecule has 8 heteroatoms. The SMILES string of the molecule is C=C1C(=O)O[C@@H]2/C=C(\C)CCC(=O)[C@@](C)(O)[C@@H](OC(C)=O)[C@@H](OC(=O)CC(C)C)[C@@H]12. The van der Waals surface area contributed by atoms with Crippen LogP contribution in [0.1, 0.15) is 53.9 Å². The van der Waals surface area contributed by atoms with Crippen molar-refractivity contribution in [1.82, 2.24) is 0 Å². The van der Waals surface area contributed by atoms with E-state index in [0.29, 0.717) is 6.42 Å². The molecule has 0 aromatic heterocycles. The fourth-order valence-corrected chi connectivity index (χ4v) is 3.75. The number of allylic oxidation sites excluding steroid dienone is 1. The second-order valence-electron chi connectivity index (χ2n) is 8.59. The van der Waals surface area contributed by atoms with Crippen molar-refractivity contribution in [2.24, 2.45) is 11.8 Å². The average Bonchev–Trinajstić information content (AvgIpc) is 2.88. The van der Waals surface area contributed by atoms with Crippen LogP contribution in [0.2, 0.25) is 0 Å². The summed E-state index contributed by atoms with van der Waals surface area (Å²) in [6.07, 6.45) is -1.66. The molecule has 2 aliphatic rings. The standard InChI is InChI=1S/C22H30O8/c1-11(2)9-17(25)30-19-18-13(4)21(26)29-15(18)10-12(3)7-8-16(24)22(6,27)20(19)28-14(5)23/h10-11,15,18-20,27H,4,7-9H2,1-3,5-6H3/b12-10+/t15-,18+,19+,20+,22-/m1/s1. The highest BCUT2D eigenvalue weighted by atomic mass is 16.6. The lowest BCUT2D eigenvalue weighted by Gasteiger charge is -2.39. The molecule has 1 aliphatic heterocycles. The second-order valence-corrected chi connectivity index (χ2v) is 8.59. The highest BCUT2D eigenvalue weighted by molar-refractivity contribution is 5.92. The zero-order chi connectivity index (χ0) is 22.8. The van der Waals surface area contributed by atoms with Gasteiger partial charge < -0.3 is 19.3 Å². The molecule has 8 nitrogen and oxygen atoms in total. The molecular formula is C22H30O8. The number of hydrogen-bond acceptors (Lipinski definition) is 8. The Morgan fingerprint density at radius 1 is 1.30 bits per heavy atom. The van der Waals surface area contributed by atoms with Gasteiger partial charge in [-0.25, -0.2) is 4.79 Å². The number of fused-ring (bicyclic) bond motifs is 1. The predicted octanol–water partition coefficient (Wildman–Crippen LogP) is 2.03. The van der Waals surface area contributed by atoms with Crippen molar-refractivity contribution in [3.63, 3.8) is 0 Å². The number of carbonyl (C=O) groups excluding carboxylic acids is 4. The zero-order valence-electron chi connectivity index (χ0n) is 18.1. The Morgan fingerprint density at radius 3 is 2.50 bits per heavy atom. The van der Waals surface area contributed by atoms with Crippen LogP contribution in [0.4, 0.5) is 0 Å². The van der Waals surface area contributed by atoms with Crippen LogP contribution in [0.15, 0.2) is 23.8 Å². The molecule has 0 bridgehead atoms. The third-order valence-corrected chi connectivity index (χ3v) is 5.36. The maximum Gasteiger partial charge on any atom is 0.334 e. The number of carbonyl (C=O) groups is 4. The van der Waals surface area contributed by atoms with Crippen molar-refractivity contribution in [3.05, 3.63) is 23.8 Å². The summed E-state index contributed by atoms with van der Waals surface area (Å²) in [6.45, 7) is 11.5. The van der Waals surface area contributed by atoms with Crippen LogP contribution in [0.3, 0.4) is 0 Å². The maximum atomic E-state index is 12.8. The molecule has 1 heterocycles. The van der Waals surface area contributed by atoms with Crippen LogP contribution in [-0.4, -0.2) is 52.7 Å². The molecule has 1 fully saturated rings. The van der Waals surface area contributed by atoms with E-state index in [2.05, 4.69) is 6.58 Å².